The second-order valence-corrected chi connectivity index (χ2v) is 7.77. The number of anilines is 1. The van der Waals surface area contributed by atoms with E-state index in [1.165, 1.54) is 0 Å². The highest BCUT2D eigenvalue weighted by Gasteiger charge is 2.33. The zero-order chi connectivity index (χ0) is 19.3. The van der Waals surface area contributed by atoms with Gasteiger partial charge in [-0.15, -0.1) is 0 Å². The highest BCUT2D eigenvalue weighted by molar-refractivity contribution is 5.88. The van der Waals surface area contributed by atoms with Gasteiger partial charge in [-0.3, -0.25) is 9.69 Å². The van der Waals surface area contributed by atoms with Gasteiger partial charge in [0.25, 0.3) is 0 Å². The van der Waals surface area contributed by atoms with Crippen molar-refractivity contribution in [2.24, 2.45) is 0 Å². The van der Waals surface area contributed by atoms with Crippen molar-refractivity contribution in [3.8, 4) is 0 Å². The van der Waals surface area contributed by atoms with Crippen LogP contribution in [0.2, 0.25) is 0 Å². The Balaban J connectivity index is 2.39. The first-order valence-corrected chi connectivity index (χ1v) is 9.47. The molecule has 2 amide bonds. The van der Waals surface area contributed by atoms with Crippen LogP contribution in [-0.2, 0) is 9.53 Å². The summed E-state index contributed by atoms with van der Waals surface area (Å²) in [6, 6.07) is 3.79. The SMILES string of the molecule is CCCCN(C(=O)OC(C)(C)C)c1ncccc1[C@@H]1CCCN1C(C)=O. The molecule has 1 atom stereocenters. The number of hydrogen-bond donors (Lipinski definition) is 0. The number of unbranched alkanes of at least 4 members (excludes halogenated alkanes) is 1. The molecule has 26 heavy (non-hydrogen) atoms. The van der Waals surface area contributed by atoms with Gasteiger partial charge in [-0.2, -0.15) is 0 Å². The molecule has 0 aromatic carbocycles. The molecular weight excluding hydrogens is 330 g/mol. The second kappa shape index (κ2) is 8.52. The molecule has 0 spiro atoms. The molecule has 0 bridgehead atoms. The van der Waals surface area contributed by atoms with Gasteiger partial charge in [0.1, 0.15) is 11.4 Å². The standard InChI is InChI=1S/C20H31N3O3/c1-6-7-13-23(19(25)26-20(3,4)5)18-16(10-8-12-21-18)17-11-9-14-22(17)15(2)24/h8,10,12,17H,6-7,9,11,13-14H2,1-5H3/t17-/m0/s1. The monoisotopic (exact) mass is 361 g/mol. The number of nitrogens with zero attached hydrogens (tertiary/aromatic N) is 3. The molecule has 2 rings (SSSR count). The van der Waals surface area contributed by atoms with E-state index in [0.29, 0.717) is 12.4 Å². The van der Waals surface area contributed by atoms with Crippen LogP contribution in [0.25, 0.3) is 0 Å². The van der Waals surface area contributed by atoms with Crippen LogP contribution >= 0.6 is 0 Å². The maximum absolute atomic E-state index is 12.8. The van der Waals surface area contributed by atoms with Gasteiger partial charge in [0.2, 0.25) is 5.91 Å². The first kappa shape index (κ1) is 20.2. The molecule has 1 aromatic heterocycles. The Hall–Kier alpha value is -2.11. The number of carbonyl (C=O) groups is 2. The van der Waals surface area contributed by atoms with Gasteiger partial charge >= 0.3 is 6.09 Å². The Morgan fingerprint density at radius 3 is 2.73 bits per heavy atom. The van der Waals surface area contributed by atoms with E-state index in [4.69, 9.17) is 4.74 Å². The molecule has 0 saturated carbocycles. The minimum atomic E-state index is -0.574. The van der Waals surface area contributed by atoms with E-state index in [1.54, 1.807) is 18.0 Å². The molecule has 6 nitrogen and oxygen atoms in total. The van der Waals surface area contributed by atoms with Gasteiger partial charge in [0.15, 0.2) is 0 Å². The second-order valence-electron chi connectivity index (χ2n) is 7.77. The lowest BCUT2D eigenvalue weighted by molar-refractivity contribution is -0.129. The first-order valence-electron chi connectivity index (χ1n) is 9.47. The van der Waals surface area contributed by atoms with E-state index in [9.17, 15) is 9.59 Å². The largest absolute Gasteiger partial charge is 0.443 e. The normalized spacial score (nSPS) is 17.3. The highest BCUT2D eigenvalue weighted by Crippen LogP contribution is 2.36. The van der Waals surface area contributed by atoms with Crippen molar-refractivity contribution in [1.82, 2.24) is 9.88 Å². The number of rotatable bonds is 5. The molecule has 0 radical (unpaired) electrons. The summed E-state index contributed by atoms with van der Waals surface area (Å²) in [5, 5.41) is 0. The van der Waals surface area contributed by atoms with Gasteiger partial charge in [-0.05, 0) is 46.1 Å². The molecule has 1 fully saturated rings. The number of pyridine rings is 1. The van der Waals surface area contributed by atoms with Gasteiger partial charge in [-0.25, -0.2) is 9.78 Å². The Labute approximate surface area is 156 Å². The number of likely N-dealkylation sites (tertiary alicyclic amines) is 1. The predicted octanol–water partition coefficient (Wildman–Crippen LogP) is 4.31. The van der Waals surface area contributed by atoms with E-state index in [2.05, 4.69) is 11.9 Å². The van der Waals surface area contributed by atoms with E-state index < -0.39 is 11.7 Å². The molecule has 1 aliphatic rings. The maximum atomic E-state index is 12.8. The lowest BCUT2D eigenvalue weighted by Gasteiger charge is -2.31. The highest BCUT2D eigenvalue weighted by atomic mass is 16.6. The number of carbonyl (C=O) groups excluding carboxylic acids is 2. The van der Waals surface area contributed by atoms with Crippen LogP contribution in [0.15, 0.2) is 18.3 Å². The average molecular weight is 361 g/mol. The fourth-order valence-electron chi connectivity index (χ4n) is 3.28. The number of ether oxygens (including phenoxy) is 1. The Kier molecular flexibility index (Phi) is 6.62. The minimum Gasteiger partial charge on any atom is -0.443 e. The summed E-state index contributed by atoms with van der Waals surface area (Å²) in [5.74, 6) is 0.660. The van der Waals surface area contributed by atoms with E-state index >= 15 is 0 Å². The predicted molar refractivity (Wildman–Crippen MR) is 102 cm³/mol. The Bertz CT molecular complexity index is 639. The summed E-state index contributed by atoms with van der Waals surface area (Å²) < 4.78 is 5.61. The smallest absolute Gasteiger partial charge is 0.416 e. The minimum absolute atomic E-state index is 0.0391. The van der Waals surface area contributed by atoms with E-state index in [1.807, 2.05) is 37.8 Å². The fourth-order valence-corrected chi connectivity index (χ4v) is 3.28. The molecule has 0 aliphatic carbocycles. The van der Waals surface area contributed by atoms with Crippen molar-refractivity contribution in [2.45, 2.75) is 71.9 Å². The topological polar surface area (TPSA) is 62.7 Å². The zero-order valence-corrected chi connectivity index (χ0v) is 16.6. The molecule has 1 saturated heterocycles. The van der Waals surface area contributed by atoms with E-state index in [0.717, 1.165) is 37.8 Å². The lowest BCUT2D eigenvalue weighted by Crippen LogP contribution is -2.39. The third-order valence-corrected chi connectivity index (χ3v) is 4.44. The van der Waals surface area contributed by atoms with Crippen LogP contribution in [0.5, 0.6) is 0 Å². The van der Waals surface area contributed by atoms with Crippen LogP contribution in [0.4, 0.5) is 10.6 Å². The van der Waals surface area contributed by atoms with Gasteiger partial charge < -0.3 is 9.64 Å². The summed E-state index contributed by atoms with van der Waals surface area (Å²) in [5.41, 5.74) is 0.345. The number of hydrogen-bond acceptors (Lipinski definition) is 4. The fraction of sp³-hybridized carbons (Fsp3) is 0.650. The Morgan fingerprint density at radius 1 is 1.38 bits per heavy atom. The van der Waals surface area contributed by atoms with Crippen LogP contribution < -0.4 is 4.90 Å². The molecule has 0 N–H and O–H groups in total. The van der Waals surface area contributed by atoms with Crippen LogP contribution in [-0.4, -0.2) is 40.6 Å². The summed E-state index contributed by atoms with van der Waals surface area (Å²) in [6.45, 7) is 10.5. The summed E-state index contributed by atoms with van der Waals surface area (Å²) >= 11 is 0. The molecule has 2 heterocycles. The zero-order valence-electron chi connectivity index (χ0n) is 16.6. The average Bonchev–Trinajstić information content (AvgIpc) is 3.03. The quantitative estimate of drug-likeness (QED) is 0.784. The van der Waals surface area contributed by atoms with Crippen molar-refractivity contribution in [3.05, 3.63) is 23.9 Å². The van der Waals surface area contributed by atoms with Crippen LogP contribution in [0, 0.1) is 0 Å². The van der Waals surface area contributed by atoms with Gasteiger partial charge in [0.05, 0.1) is 6.04 Å². The molecular formula is C20H31N3O3. The summed E-state index contributed by atoms with van der Waals surface area (Å²) in [7, 11) is 0. The van der Waals surface area contributed by atoms with Crippen LogP contribution in [0.1, 0.15) is 71.9 Å². The van der Waals surface area contributed by atoms with Crippen molar-refractivity contribution >= 4 is 17.8 Å². The van der Waals surface area contributed by atoms with Gasteiger partial charge in [0, 0.05) is 31.8 Å². The first-order chi connectivity index (χ1) is 12.2. The number of aromatic nitrogens is 1. The van der Waals surface area contributed by atoms with Gasteiger partial charge in [-0.1, -0.05) is 19.4 Å². The van der Waals surface area contributed by atoms with Crippen molar-refractivity contribution in [1.29, 1.82) is 0 Å². The molecule has 1 aromatic rings. The third-order valence-electron chi connectivity index (χ3n) is 4.44. The van der Waals surface area contributed by atoms with Crippen molar-refractivity contribution in [2.75, 3.05) is 18.0 Å². The summed E-state index contributed by atoms with van der Waals surface area (Å²) in [6.07, 6.45) is 4.96. The number of amides is 2. The molecule has 144 valence electrons. The molecule has 6 heteroatoms. The molecule has 1 aliphatic heterocycles. The van der Waals surface area contributed by atoms with Crippen molar-refractivity contribution in [3.63, 3.8) is 0 Å². The molecule has 0 unspecified atom stereocenters. The summed E-state index contributed by atoms with van der Waals surface area (Å²) in [4.78, 5) is 32.8. The lowest BCUT2D eigenvalue weighted by atomic mass is 10.0. The Morgan fingerprint density at radius 2 is 2.12 bits per heavy atom. The third kappa shape index (κ3) is 4.96. The van der Waals surface area contributed by atoms with Crippen LogP contribution in [0.3, 0.4) is 0 Å². The van der Waals surface area contributed by atoms with Crippen molar-refractivity contribution < 1.29 is 14.3 Å². The van der Waals surface area contributed by atoms with E-state index in [-0.39, 0.29) is 11.9 Å². The maximum Gasteiger partial charge on any atom is 0.416 e.